The van der Waals surface area contributed by atoms with Crippen LogP contribution in [0.5, 0.6) is 0 Å². The van der Waals surface area contributed by atoms with Crippen molar-refractivity contribution in [3.05, 3.63) is 0 Å². The van der Waals surface area contributed by atoms with Crippen LogP contribution in [-0.4, -0.2) is 55.3 Å². The Morgan fingerprint density at radius 2 is 1.94 bits per heavy atom. The van der Waals surface area contributed by atoms with E-state index < -0.39 is 36.5 Å². The smallest absolute Gasteiger partial charge is 0.186 e. The van der Waals surface area contributed by atoms with Crippen LogP contribution in [-0.2, 0) is 18.9 Å². The molecule has 2 heterocycles. The molecular formula is C10H19NO5. The van der Waals surface area contributed by atoms with E-state index in [1.54, 1.807) is 13.8 Å². The second-order valence-electron chi connectivity index (χ2n) is 4.57. The molecule has 3 N–H and O–H groups in total. The Balaban J connectivity index is 2.18. The molecule has 6 heteroatoms. The minimum absolute atomic E-state index is 0.216. The van der Waals surface area contributed by atoms with Gasteiger partial charge in [-0.2, -0.15) is 0 Å². The fourth-order valence-electron chi connectivity index (χ4n) is 2.22. The van der Waals surface area contributed by atoms with E-state index in [4.69, 9.17) is 24.7 Å². The van der Waals surface area contributed by atoms with Gasteiger partial charge in [0.25, 0.3) is 0 Å². The van der Waals surface area contributed by atoms with E-state index in [0.29, 0.717) is 0 Å². The molecule has 0 amide bonds. The Morgan fingerprint density at radius 3 is 2.50 bits per heavy atom. The molecule has 2 rings (SSSR count). The van der Waals surface area contributed by atoms with E-state index in [9.17, 15) is 5.11 Å². The molecule has 94 valence electrons. The van der Waals surface area contributed by atoms with E-state index in [0.717, 1.165) is 0 Å². The highest BCUT2D eigenvalue weighted by Crippen LogP contribution is 2.37. The minimum Gasteiger partial charge on any atom is -0.388 e. The van der Waals surface area contributed by atoms with Gasteiger partial charge in [0.15, 0.2) is 12.1 Å². The maximum atomic E-state index is 10.0. The van der Waals surface area contributed by atoms with Crippen LogP contribution in [0.2, 0.25) is 0 Å². The molecule has 0 saturated carbocycles. The highest BCUT2D eigenvalue weighted by molar-refractivity contribution is 4.96. The summed E-state index contributed by atoms with van der Waals surface area (Å²) in [5.41, 5.74) is 5.52. The van der Waals surface area contributed by atoms with Crippen molar-refractivity contribution in [3.8, 4) is 0 Å². The lowest BCUT2D eigenvalue weighted by Gasteiger charge is -2.38. The van der Waals surface area contributed by atoms with Crippen LogP contribution in [0.3, 0.4) is 0 Å². The van der Waals surface area contributed by atoms with Gasteiger partial charge in [-0.3, -0.25) is 0 Å². The number of hydrogen-bond donors (Lipinski definition) is 2. The summed E-state index contributed by atoms with van der Waals surface area (Å²) in [6.45, 7) is 3.80. The average Bonchev–Trinajstić information content (AvgIpc) is 2.55. The molecule has 0 aromatic heterocycles. The third kappa shape index (κ3) is 1.97. The Morgan fingerprint density at radius 1 is 1.31 bits per heavy atom. The Kier molecular flexibility index (Phi) is 3.22. The normalized spacial score (nSPS) is 46.7. The lowest BCUT2D eigenvalue weighted by molar-refractivity contribution is -0.264. The van der Waals surface area contributed by atoms with Gasteiger partial charge in [-0.05, 0) is 13.8 Å². The summed E-state index contributed by atoms with van der Waals surface area (Å²) in [6.07, 6.45) is -2.70. The lowest BCUT2D eigenvalue weighted by atomic mass is 9.99. The molecule has 2 fully saturated rings. The third-order valence-electron chi connectivity index (χ3n) is 2.92. The van der Waals surface area contributed by atoms with Gasteiger partial charge in [0, 0.05) is 13.7 Å². The van der Waals surface area contributed by atoms with Crippen LogP contribution in [0, 0.1) is 0 Å². The summed E-state index contributed by atoms with van der Waals surface area (Å²) in [5, 5.41) is 10.0. The molecule has 0 bridgehead atoms. The molecular weight excluding hydrogens is 214 g/mol. The fraction of sp³-hybridized carbons (Fsp3) is 1.00. The molecule has 2 aliphatic rings. The molecule has 16 heavy (non-hydrogen) atoms. The molecule has 0 radical (unpaired) electrons. The number of ether oxygens (including phenoxy) is 4. The van der Waals surface area contributed by atoms with Crippen LogP contribution in [0.1, 0.15) is 13.8 Å². The Bertz CT molecular complexity index is 260. The van der Waals surface area contributed by atoms with E-state index in [1.807, 2.05) is 0 Å². The number of fused-ring (bicyclic) bond motifs is 1. The number of methoxy groups -OCH3 is 1. The van der Waals surface area contributed by atoms with Crippen molar-refractivity contribution in [2.45, 2.75) is 50.3 Å². The minimum atomic E-state index is -0.789. The quantitative estimate of drug-likeness (QED) is 0.649. The molecule has 2 saturated heterocycles. The predicted molar refractivity (Wildman–Crippen MR) is 54.6 cm³/mol. The average molecular weight is 233 g/mol. The summed E-state index contributed by atoms with van der Waals surface area (Å²) < 4.78 is 22.0. The number of nitrogens with two attached hydrogens (primary N) is 1. The van der Waals surface area contributed by atoms with Crippen molar-refractivity contribution in [2.24, 2.45) is 5.73 Å². The van der Waals surface area contributed by atoms with Gasteiger partial charge >= 0.3 is 0 Å². The van der Waals surface area contributed by atoms with Crippen molar-refractivity contribution in [3.63, 3.8) is 0 Å². The van der Waals surface area contributed by atoms with Gasteiger partial charge in [-0.15, -0.1) is 0 Å². The van der Waals surface area contributed by atoms with Gasteiger partial charge in [0.2, 0.25) is 0 Å². The summed E-state index contributed by atoms with van der Waals surface area (Å²) in [6, 6.07) is 0. The number of rotatable bonds is 2. The molecule has 0 aromatic rings. The zero-order valence-corrected chi connectivity index (χ0v) is 9.75. The van der Waals surface area contributed by atoms with Gasteiger partial charge in [0.1, 0.15) is 24.4 Å². The first-order valence-electron chi connectivity index (χ1n) is 5.40. The van der Waals surface area contributed by atoms with Crippen LogP contribution < -0.4 is 5.73 Å². The first-order valence-corrected chi connectivity index (χ1v) is 5.40. The van der Waals surface area contributed by atoms with Gasteiger partial charge < -0.3 is 29.8 Å². The van der Waals surface area contributed by atoms with E-state index in [1.165, 1.54) is 7.11 Å². The van der Waals surface area contributed by atoms with Crippen LogP contribution in [0.15, 0.2) is 0 Å². The predicted octanol–water partition coefficient (Wildman–Crippen LogP) is -0.803. The van der Waals surface area contributed by atoms with Crippen LogP contribution in [0.4, 0.5) is 0 Å². The monoisotopic (exact) mass is 233 g/mol. The van der Waals surface area contributed by atoms with E-state index >= 15 is 0 Å². The SMILES string of the molecule is CO[C@H]1OC(CN)[C@H](O)C2OC(C)(C)OC21. The first kappa shape index (κ1) is 12.2. The third-order valence-corrected chi connectivity index (χ3v) is 2.92. The molecule has 5 atom stereocenters. The van der Waals surface area contributed by atoms with Gasteiger partial charge in [-0.1, -0.05) is 0 Å². The summed E-state index contributed by atoms with van der Waals surface area (Å²) >= 11 is 0. The van der Waals surface area contributed by atoms with E-state index in [-0.39, 0.29) is 6.54 Å². The maximum Gasteiger partial charge on any atom is 0.186 e. The summed E-state index contributed by atoms with van der Waals surface area (Å²) in [4.78, 5) is 0. The van der Waals surface area contributed by atoms with Crippen LogP contribution >= 0.6 is 0 Å². The zero-order chi connectivity index (χ0) is 11.9. The zero-order valence-electron chi connectivity index (χ0n) is 9.75. The molecule has 0 spiro atoms. The largest absolute Gasteiger partial charge is 0.388 e. The number of hydrogen-bond acceptors (Lipinski definition) is 6. The number of aliphatic hydroxyl groups excluding tert-OH is 1. The fourth-order valence-corrected chi connectivity index (χ4v) is 2.22. The van der Waals surface area contributed by atoms with Crippen molar-refractivity contribution < 1.29 is 24.1 Å². The van der Waals surface area contributed by atoms with Crippen LogP contribution in [0.25, 0.3) is 0 Å². The topological polar surface area (TPSA) is 83.2 Å². The lowest BCUT2D eigenvalue weighted by Crippen LogP contribution is -2.58. The van der Waals surface area contributed by atoms with Crippen molar-refractivity contribution in [2.75, 3.05) is 13.7 Å². The molecule has 0 aromatic carbocycles. The summed E-state index contributed by atoms with van der Waals surface area (Å²) in [5.74, 6) is -0.736. The number of aliphatic hydroxyl groups is 1. The molecule has 6 nitrogen and oxygen atoms in total. The van der Waals surface area contributed by atoms with Gasteiger partial charge in [0.05, 0.1) is 0 Å². The second-order valence-corrected chi connectivity index (χ2v) is 4.57. The van der Waals surface area contributed by atoms with Crippen molar-refractivity contribution in [1.82, 2.24) is 0 Å². The molecule has 3 unspecified atom stereocenters. The Labute approximate surface area is 94.6 Å². The maximum absolute atomic E-state index is 10.0. The highest BCUT2D eigenvalue weighted by Gasteiger charge is 2.54. The van der Waals surface area contributed by atoms with Gasteiger partial charge in [-0.25, -0.2) is 0 Å². The van der Waals surface area contributed by atoms with Crippen molar-refractivity contribution in [1.29, 1.82) is 0 Å². The first-order chi connectivity index (χ1) is 7.48. The second kappa shape index (κ2) is 4.21. The van der Waals surface area contributed by atoms with E-state index in [2.05, 4.69) is 0 Å². The Hall–Kier alpha value is -0.240. The molecule has 2 aliphatic heterocycles. The summed E-state index contributed by atoms with van der Waals surface area (Å²) in [7, 11) is 1.53. The molecule has 0 aliphatic carbocycles. The highest BCUT2D eigenvalue weighted by atomic mass is 16.8. The standard InChI is InChI=1S/C10H19NO5/c1-10(2)15-7-6(12)5(4-11)14-9(13-3)8(7)16-10/h5-9,12H,4,11H2,1-3H3/t5?,6-,7?,8?,9-/m0/s1. The van der Waals surface area contributed by atoms with Crippen molar-refractivity contribution >= 4 is 0 Å².